The van der Waals surface area contributed by atoms with Gasteiger partial charge in [-0.05, 0) is 37.6 Å². The van der Waals surface area contributed by atoms with Crippen molar-refractivity contribution < 1.29 is 9.26 Å². The van der Waals surface area contributed by atoms with Gasteiger partial charge in [0.25, 0.3) is 0 Å². The predicted octanol–water partition coefficient (Wildman–Crippen LogP) is 4.98. The molecule has 4 heterocycles. The summed E-state index contributed by atoms with van der Waals surface area (Å²) in [5.41, 5.74) is 7.39. The standard InChI is InChI=1S/C28H25N5O3/c1-3-8-25-30-21-10-5-6-11-23(21)33(25)15-18-13-14-19-22(29-18)16-35-24-12-7-4-9-20(24)26(19)17(2)27-31-28(34)36-32-27/h4-7,9-14H,3,8,15-16H2,1-2H3,(H,31,32,34). The van der Waals surface area contributed by atoms with Gasteiger partial charge < -0.3 is 9.30 Å². The fourth-order valence-electron chi connectivity index (χ4n) is 4.85. The molecule has 180 valence electrons. The van der Waals surface area contributed by atoms with E-state index in [-0.39, 0.29) is 0 Å². The van der Waals surface area contributed by atoms with Gasteiger partial charge in [0.05, 0.1) is 29.0 Å². The second-order valence-corrected chi connectivity index (χ2v) is 8.88. The molecule has 0 radical (unpaired) electrons. The molecule has 0 atom stereocenters. The second kappa shape index (κ2) is 8.96. The zero-order chi connectivity index (χ0) is 24.6. The number of hydrogen-bond donors (Lipinski definition) is 1. The number of aromatic nitrogens is 5. The van der Waals surface area contributed by atoms with E-state index in [1.807, 2.05) is 43.3 Å². The molecule has 36 heavy (non-hydrogen) atoms. The minimum atomic E-state index is -0.591. The van der Waals surface area contributed by atoms with Gasteiger partial charge in [0.2, 0.25) is 0 Å². The first kappa shape index (κ1) is 22.0. The van der Waals surface area contributed by atoms with Crippen LogP contribution >= 0.6 is 0 Å². The van der Waals surface area contributed by atoms with Gasteiger partial charge >= 0.3 is 5.76 Å². The molecule has 1 aliphatic rings. The smallest absolute Gasteiger partial charge is 0.439 e. The zero-order valence-electron chi connectivity index (χ0n) is 20.1. The van der Waals surface area contributed by atoms with Crippen LogP contribution in [0.1, 0.15) is 54.4 Å². The van der Waals surface area contributed by atoms with Gasteiger partial charge in [-0.2, -0.15) is 0 Å². The molecule has 0 saturated heterocycles. The number of H-pyrrole nitrogens is 1. The minimum Gasteiger partial charge on any atom is -0.487 e. The Kier molecular flexibility index (Phi) is 5.48. The number of fused-ring (bicyclic) bond motifs is 3. The van der Waals surface area contributed by atoms with Gasteiger partial charge in [-0.3, -0.25) is 14.5 Å². The number of rotatable bonds is 5. The van der Waals surface area contributed by atoms with Crippen molar-refractivity contribution in [3.8, 4) is 5.75 Å². The molecule has 3 aromatic heterocycles. The molecule has 1 aliphatic heterocycles. The number of benzene rings is 2. The Balaban J connectivity index is 1.47. The van der Waals surface area contributed by atoms with Crippen molar-refractivity contribution in [2.24, 2.45) is 0 Å². The Morgan fingerprint density at radius 2 is 1.86 bits per heavy atom. The summed E-state index contributed by atoms with van der Waals surface area (Å²) in [6.45, 7) is 5.03. The quantitative estimate of drug-likeness (QED) is 0.382. The molecule has 2 aromatic carbocycles. The Morgan fingerprint density at radius 3 is 2.69 bits per heavy atom. The van der Waals surface area contributed by atoms with Crippen LogP contribution in [0.3, 0.4) is 0 Å². The number of pyridine rings is 1. The van der Waals surface area contributed by atoms with Gasteiger partial charge in [0.1, 0.15) is 18.2 Å². The fraction of sp³-hybridized carbons (Fsp3) is 0.214. The average Bonchev–Trinajstić information content (AvgIpc) is 3.43. The molecular weight excluding hydrogens is 454 g/mol. The molecule has 0 aliphatic carbocycles. The van der Waals surface area contributed by atoms with E-state index in [0.29, 0.717) is 19.0 Å². The molecule has 8 nitrogen and oxygen atoms in total. The number of allylic oxidation sites excluding steroid dienone is 1. The van der Waals surface area contributed by atoms with Crippen molar-refractivity contribution in [3.05, 3.63) is 105 Å². The molecule has 1 N–H and O–H groups in total. The highest BCUT2D eigenvalue weighted by atomic mass is 16.5. The number of aromatic amines is 1. The van der Waals surface area contributed by atoms with Crippen LogP contribution in [0, 0.1) is 0 Å². The lowest BCUT2D eigenvalue weighted by atomic mass is 9.92. The van der Waals surface area contributed by atoms with E-state index in [1.54, 1.807) is 0 Å². The maximum Gasteiger partial charge on any atom is 0.439 e. The summed E-state index contributed by atoms with van der Waals surface area (Å²) in [7, 11) is 0. The molecule has 0 bridgehead atoms. The van der Waals surface area contributed by atoms with Crippen LogP contribution in [0.25, 0.3) is 22.2 Å². The van der Waals surface area contributed by atoms with Crippen LogP contribution in [-0.4, -0.2) is 24.7 Å². The van der Waals surface area contributed by atoms with Crippen molar-refractivity contribution in [1.29, 1.82) is 0 Å². The molecule has 0 amide bonds. The first-order valence-corrected chi connectivity index (χ1v) is 12.0. The molecule has 5 aromatic rings. The molecule has 0 unspecified atom stereocenters. The first-order chi connectivity index (χ1) is 17.6. The highest BCUT2D eigenvalue weighted by Gasteiger charge is 2.24. The number of nitrogens with zero attached hydrogens (tertiary/aromatic N) is 4. The van der Waals surface area contributed by atoms with Crippen LogP contribution in [-0.2, 0) is 19.6 Å². The summed E-state index contributed by atoms with van der Waals surface area (Å²) in [6, 6.07) is 20.2. The lowest BCUT2D eigenvalue weighted by Gasteiger charge is -2.14. The van der Waals surface area contributed by atoms with Gasteiger partial charge in [-0.1, -0.05) is 48.5 Å². The minimum absolute atomic E-state index is 0.332. The third-order valence-corrected chi connectivity index (χ3v) is 6.52. The monoisotopic (exact) mass is 479 g/mol. The number of imidazole rings is 1. The van der Waals surface area contributed by atoms with E-state index in [1.165, 1.54) is 0 Å². The second-order valence-electron chi connectivity index (χ2n) is 8.88. The maximum absolute atomic E-state index is 11.6. The van der Waals surface area contributed by atoms with Crippen LogP contribution in [0.2, 0.25) is 0 Å². The van der Waals surface area contributed by atoms with Gasteiger partial charge in [-0.25, -0.2) is 9.78 Å². The highest BCUT2D eigenvalue weighted by Crippen LogP contribution is 2.40. The van der Waals surface area contributed by atoms with E-state index in [9.17, 15) is 4.79 Å². The lowest BCUT2D eigenvalue weighted by Crippen LogP contribution is -2.09. The van der Waals surface area contributed by atoms with E-state index < -0.39 is 5.76 Å². The van der Waals surface area contributed by atoms with Crippen LogP contribution in [0.4, 0.5) is 0 Å². The Labute approximate surface area is 207 Å². The molecule has 0 spiro atoms. The van der Waals surface area contributed by atoms with Gasteiger partial charge in [0.15, 0.2) is 5.82 Å². The fourth-order valence-corrected chi connectivity index (χ4v) is 4.85. The van der Waals surface area contributed by atoms with Crippen molar-refractivity contribution in [1.82, 2.24) is 24.7 Å². The van der Waals surface area contributed by atoms with E-state index in [2.05, 4.69) is 45.9 Å². The summed E-state index contributed by atoms with van der Waals surface area (Å²) in [4.78, 5) is 24.2. The van der Waals surface area contributed by atoms with Crippen molar-refractivity contribution in [2.75, 3.05) is 0 Å². The number of ether oxygens (including phenoxy) is 1. The summed E-state index contributed by atoms with van der Waals surface area (Å²) in [6.07, 6.45) is 1.92. The molecule has 8 heteroatoms. The van der Waals surface area contributed by atoms with E-state index in [4.69, 9.17) is 19.2 Å². The predicted molar refractivity (Wildman–Crippen MR) is 137 cm³/mol. The van der Waals surface area contributed by atoms with Crippen LogP contribution in [0.15, 0.2) is 70.0 Å². The SMILES string of the molecule is CCCc1nc2ccccc2n1Cc1ccc2c(n1)COc1ccccc1C2=C(C)c1noc(=O)[nH]1. The zero-order valence-corrected chi connectivity index (χ0v) is 20.1. The van der Waals surface area contributed by atoms with Crippen molar-refractivity contribution in [3.63, 3.8) is 0 Å². The maximum atomic E-state index is 11.6. The topological polar surface area (TPSA) is 98.8 Å². The van der Waals surface area contributed by atoms with Gasteiger partial charge in [-0.15, -0.1) is 0 Å². The van der Waals surface area contributed by atoms with Crippen molar-refractivity contribution >= 4 is 22.2 Å². The van der Waals surface area contributed by atoms with Crippen LogP contribution in [0.5, 0.6) is 5.75 Å². The highest BCUT2D eigenvalue weighted by molar-refractivity contribution is 5.99. The summed E-state index contributed by atoms with van der Waals surface area (Å²) in [5, 5.41) is 3.92. The lowest BCUT2D eigenvalue weighted by molar-refractivity contribution is 0.302. The van der Waals surface area contributed by atoms with E-state index in [0.717, 1.165) is 69.1 Å². The van der Waals surface area contributed by atoms with Gasteiger partial charge in [0, 0.05) is 28.7 Å². The Bertz CT molecular complexity index is 1670. The largest absolute Gasteiger partial charge is 0.487 e. The summed E-state index contributed by atoms with van der Waals surface area (Å²) >= 11 is 0. The summed E-state index contributed by atoms with van der Waals surface area (Å²) < 4.78 is 13.2. The molecular formula is C28H25N5O3. The molecule has 0 fully saturated rings. The normalized spacial score (nSPS) is 14.2. The van der Waals surface area contributed by atoms with E-state index >= 15 is 0 Å². The molecule has 0 saturated carbocycles. The third-order valence-electron chi connectivity index (χ3n) is 6.52. The number of nitrogens with one attached hydrogen (secondary N) is 1. The van der Waals surface area contributed by atoms with Crippen molar-refractivity contribution in [2.45, 2.75) is 39.8 Å². The Hall–Kier alpha value is -4.46. The third kappa shape index (κ3) is 3.80. The number of hydrogen-bond acceptors (Lipinski definition) is 6. The first-order valence-electron chi connectivity index (χ1n) is 12.0. The number of aryl methyl sites for hydroxylation is 1. The number of para-hydroxylation sites is 3. The molecule has 6 rings (SSSR count). The Morgan fingerprint density at radius 1 is 1.03 bits per heavy atom. The van der Waals surface area contributed by atoms with Crippen LogP contribution < -0.4 is 10.5 Å². The average molecular weight is 480 g/mol. The summed E-state index contributed by atoms with van der Waals surface area (Å²) in [5.74, 6) is 1.61.